The summed E-state index contributed by atoms with van der Waals surface area (Å²) in [6.07, 6.45) is 0.687. The molecule has 0 unspecified atom stereocenters. The van der Waals surface area contributed by atoms with Crippen molar-refractivity contribution in [1.82, 2.24) is 0 Å². The fraction of sp³-hybridized carbons (Fsp3) is 0.188. The van der Waals surface area contributed by atoms with Crippen molar-refractivity contribution in [2.75, 3.05) is 5.73 Å². The van der Waals surface area contributed by atoms with Crippen molar-refractivity contribution >= 4 is 21.8 Å². The summed E-state index contributed by atoms with van der Waals surface area (Å²) in [6, 6.07) is 10.8. The third-order valence-electron chi connectivity index (χ3n) is 3.06. The number of aromatic carboxylic acids is 1. The van der Waals surface area contributed by atoms with E-state index in [9.17, 15) is 13.2 Å². The zero-order valence-corrected chi connectivity index (χ0v) is 13.7. The smallest absolute Gasteiger partial charge is 0.335 e. The van der Waals surface area contributed by atoms with Crippen molar-refractivity contribution in [3.8, 4) is 0 Å². The van der Waals surface area contributed by atoms with Gasteiger partial charge in [0.25, 0.3) is 10.1 Å². The van der Waals surface area contributed by atoms with Gasteiger partial charge in [-0.05, 0) is 49.2 Å². The second kappa shape index (κ2) is 7.75. The van der Waals surface area contributed by atoms with Gasteiger partial charge in [0.2, 0.25) is 0 Å². The van der Waals surface area contributed by atoms with Gasteiger partial charge in [-0.1, -0.05) is 24.6 Å². The number of carboxylic acids is 1. The van der Waals surface area contributed by atoms with Gasteiger partial charge in [-0.15, -0.1) is 0 Å². The highest BCUT2D eigenvalue weighted by Gasteiger charge is 2.08. The van der Waals surface area contributed by atoms with E-state index in [-0.39, 0.29) is 4.90 Å². The van der Waals surface area contributed by atoms with Crippen LogP contribution in [0.4, 0.5) is 5.69 Å². The molecule has 6 nitrogen and oxygen atoms in total. The molecule has 0 atom stereocenters. The molecule has 0 amide bonds. The first kappa shape index (κ1) is 18.7. The lowest BCUT2D eigenvalue weighted by Gasteiger charge is -2.03. The van der Waals surface area contributed by atoms with Crippen LogP contribution in [0.2, 0.25) is 0 Å². The molecular weight excluding hydrogens is 318 g/mol. The summed E-state index contributed by atoms with van der Waals surface area (Å²) in [5.74, 6) is -0.896. The summed E-state index contributed by atoms with van der Waals surface area (Å²) in [5, 5.41) is 8.75. The molecule has 0 radical (unpaired) electrons. The van der Waals surface area contributed by atoms with Gasteiger partial charge in [-0.3, -0.25) is 4.55 Å². The van der Waals surface area contributed by atoms with Crippen LogP contribution in [0.25, 0.3) is 0 Å². The molecule has 2 aromatic carbocycles. The van der Waals surface area contributed by atoms with Crippen molar-refractivity contribution in [2.45, 2.75) is 25.2 Å². The average Bonchev–Trinajstić information content (AvgIpc) is 2.47. The molecule has 124 valence electrons. The maximum Gasteiger partial charge on any atom is 0.335 e. The molecule has 2 aromatic rings. The highest BCUT2D eigenvalue weighted by Crippen LogP contribution is 2.14. The van der Waals surface area contributed by atoms with Crippen LogP contribution < -0.4 is 5.73 Å². The minimum absolute atomic E-state index is 0.0666. The molecule has 2 rings (SSSR count). The Labute approximate surface area is 135 Å². The standard InChI is InChI=1S/C9H11NO2.C7H8O3S/c1-2-6-5-7(10)3-4-8(6)9(11)12;1-6-2-4-7(5-3-6)11(8,9)10/h3-5H,2,10H2,1H3,(H,11,12);2-5H,1H3,(H,8,9,10). The lowest BCUT2D eigenvalue weighted by Crippen LogP contribution is -2.02. The molecule has 0 aromatic heterocycles. The van der Waals surface area contributed by atoms with Crippen LogP contribution >= 0.6 is 0 Å². The second-order valence-electron chi connectivity index (χ2n) is 4.86. The summed E-state index contributed by atoms with van der Waals surface area (Å²) in [5.41, 5.74) is 8.19. The summed E-state index contributed by atoms with van der Waals surface area (Å²) in [7, 11) is -4.02. The number of nitrogens with two attached hydrogens (primary N) is 1. The topological polar surface area (TPSA) is 118 Å². The Balaban J connectivity index is 0.000000231. The first-order valence-electron chi connectivity index (χ1n) is 6.81. The van der Waals surface area contributed by atoms with Gasteiger partial charge >= 0.3 is 5.97 Å². The van der Waals surface area contributed by atoms with Crippen molar-refractivity contribution < 1.29 is 22.9 Å². The van der Waals surface area contributed by atoms with Gasteiger partial charge < -0.3 is 10.8 Å². The summed E-state index contributed by atoms with van der Waals surface area (Å²) in [4.78, 5) is 10.6. The second-order valence-corrected chi connectivity index (χ2v) is 6.28. The van der Waals surface area contributed by atoms with Crippen LogP contribution in [0.1, 0.15) is 28.4 Å². The van der Waals surface area contributed by atoms with E-state index in [0.29, 0.717) is 17.7 Å². The third-order valence-corrected chi connectivity index (χ3v) is 3.93. The molecule has 0 bridgehead atoms. The Bertz CT molecular complexity index is 783. The fourth-order valence-corrected chi connectivity index (χ4v) is 2.31. The van der Waals surface area contributed by atoms with Gasteiger partial charge in [0.05, 0.1) is 10.5 Å². The maximum atomic E-state index is 10.7. The predicted molar refractivity (Wildman–Crippen MR) is 88.2 cm³/mol. The molecule has 4 N–H and O–H groups in total. The zero-order chi connectivity index (χ0) is 17.6. The van der Waals surface area contributed by atoms with E-state index in [1.165, 1.54) is 18.2 Å². The van der Waals surface area contributed by atoms with Crippen LogP contribution in [0.3, 0.4) is 0 Å². The fourth-order valence-electron chi connectivity index (χ4n) is 1.83. The number of hydrogen-bond acceptors (Lipinski definition) is 4. The van der Waals surface area contributed by atoms with E-state index in [2.05, 4.69) is 0 Å². The number of anilines is 1. The lowest BCUT2D eigenvalue weighted by atomic mass is 10.0. The van der Waals surface area contributed by atoms with Crippen molar-refractivity contribution in [3.05, 3.63) is 59.2 Å². The van der Waals surface area contributed by atoms with E-state index < -0.39 is 16.1 Å². The van der Waals surface area contributed by atoms with Crippen LogP contribution in [0.15, 0.2) is 47.4 Å². The molecule has 0 saturated carbocycles. The normalized spacial score (nSPS) is 10.6. The molecule has 0 aliphatic carbocycles. The Hall–Kier alpha value is -2.38. The Morgan fingerprint density at radius 3 is 2.13 bits per heavy atom. The zero-order valence-electron chi connectivity index (χ0n) is 12.9. The first-order valence-corrected chi connectivity index (χ1v) is 8.25. The Morgan fingerprint density at radius 1 is 1.13 bits per heavy atom. The van der Waals surface area contributed by atoms with Gasteiger partial charge in [0.15, 0.2) is 0 Å². The number of benzene rings is 2. The number of nitrogen functional groups attached to an aromatic ring is 1. The summed E-state index contributed by atoms with van der Waals surface area (Å²) >= 11 is 0. The van der Waals surface area contributed by atoms with Crippen LogP contribution in [0.5, 0.6) is 0 Å². The van der Waals surface area contributed by atoms with E-state index in [1.807, 2.05) is 13.8 Å². The molecule has 0 saturated heterocycles. The molecule has 0 aliphatic rings. The van der Waals surface area contributed by atoms with E-state index in [1.54, 1.807) is 24.3 Å². The molecule has 0 spiro atoms. The Kier molecular flexibility index (Phi) is 6.29. The van der Waals surface area contributed by atoms with Crippen LogP contribution in [-0.4, -0.2) is 24.0 Å². The summed E-state index contributed by atoms with van der Waals surface area (Å²) in [6.45, 7) is 3.75. The van der Waals surface area contributed by atoms with Crippen molar-refractivity contribution in [2.24, 2.45) is 0 Å². The van der Waals surface area contributed by atoms with Gasteiger partial charge in [-0.25, -0.2) is 4.79 Å². The average molecular weight is 337 g/mol. The lowest BCUT2D eigenvalue weighted by molar-refractivity contribution is 0.0695. The molecular formula is C16H19NO5S. The van der Waals surface area contributed by atoms with Crippen LogP contribution in [-0.2, 0) is 16.5 Å². The highest BCUT2D eigenvalue weighted by molar-refractivity contribution is 7.85. The van der Waals surface area contributed by atoms with E-state index >= 15 is 0 Å². The van der Waals surface area contributed by atoms with Gasteiger partial charge in [-0.2, -0.15) is 8.42 Å². The van der Waals surface area contributed by atoms with Gasteiger partial charge in [0, 0.05) is 5.69 Å². The first-order chi connectivity index (χ1) is 10.6. The number of carboxylic acid groups (broad SMARTS) is 1. The van der Waals surface area contributed by atoms with Gasteiger partial charge in [0.1, 0.15) is 0 Å². The third kappa shape index (κ3) is 5.72. The maximum absolute atomic E-state index is 10.7. The van der Waals surface area contributed by atoms with Crippen molar-refractivity contribution in [1.29, 1.82) is 0 Å². The number of aryl methyl sites for hydroxylation is 2. The van der Waals surface area contributed by atoms with Crippen molar-refractivity contribution in [3.63, 3.8) is 0 Å². The molecule has 7 heteroatoms. The molecule has 0 aliphatic heterocycles. The highest BCUT2D eigenvalue weighted by atomic mass is 32.2. The van der Waals surface area contributed by atoms with E-state index in [0.717, 1.165) is 11.1 Å². The largest absolute Gasteiger partial charge is 0.478 e. The Morgan fingerprint density at radius 2 is 1.70 bits per heavy atom. The predicted octanol–water partition coefficient (Wildman–Crippen LogP) is 2.77. The molecule has 0 heterocycles. The quantitative estimate of drug-likeness (QED) is 0.585. The SMILES string of the molecule is CCc1cc(N)ccc1C(=O)O.Cc1ccc(S(=O)(=O)O)cc1. The minimum Gasteiger partial charge on any atom is -0.478 e. The molecule has 23 heavy (non-hydrogen) atoms. The number of rotatable bonds is 3. The number of hydrogen-bond donors (Lipinski definition) is 3. The number of carbonyl (C=O) groups is 1. The minimum atomic E-state index is -4.02. The molecule has 0 fully saturated rings. The summed E-state index contributed by atoms with van der Waals surface area (Å²) < 4.78 is 29.6. The van der Waals surface area contributed by atoms with E-state index in [4.69, 9.17) is 15.4 Å². The van der Waals surface area contributed by atoms with Crippen LogP contribution in [0, 0.1) is 6.92 Å². The monoisotopic (exact) mass is 337 g/mol.